The maximum atomic E-state index is 9.26. The van der Waals surface area contributed by atoms with Gasteiger partial charge in [-0.3, -0.25) is 0 Å². The molecule has 1 atom stereocenters. The van der Waals surface area contributed by atoms with Crippen LogP contribution in [0.3, 0.4) is 0 Å². The molecule has 1 aliphatic carbocycles. The van der Waals surface area contributed by atoms with Gasteiger partial charge in [-0.2, -0.15) is 0 Å². The first-order valence-corrected chi connectivity index (χ1v) is 7.41. The zero-order valence-corrected chi connectivity index (χ0v) is 12.5. The van der Waals surface area contributed by atoms with E-state index in [-0.39, 0.29) is 12.6 Å². The monoisotopic (exact) mass is 257 g/mol. The number of hydrogen-bond donors (Lipinski definition) is 2. The van der Waals surface area contributed by atoms with Gasteiger partial charge < -0.3 is 15.2 Å². The number of rotatable bonds is 7. The molecule has 0 saturated heterocycles. The van der Waals surface area contributed by atoms with Crippen molar-refractivity contribution < 1.29 is 9.84 Å². The number of hydrogen-bond acceptors (Lipinski definition) is 3. The lowest BCUT2D eigenvalue weighted by atomic mass is 9.76. The molecule has 1 rings (SSSR count). The van der Waals surface area contributed by atoms with Crippen molar-refractivity contribution in [3.8, 4) is 0 Å². The molecule has 1 saturated carbocycles. The molecule has 1 aliphatic rings. The number of aliphatic hydroxyl groups is 1. The summed E-state index contributed by atoms with van der Waals surface area (Å²) in [6.07, 6.45) is 6.25. The van der Waals surface area contributed by atoms with Crippen molar-refractivity contribution in [1.29, 1.82) is 0 Å². The average Bonchev–Trinajstić information content (AvgIpc) is 2.29. The Balaban J connectivity index is 2.14. The predicted octanol–water partition coefficient (Wildman–Crippen LogP) is 2.72. The third-order valence-corrected chi connectivity index (χ3v) is 3.90. The summed E-state index contributed by atoms with van der Waals surface area (Å²) in [7, 11) is 0. The molecule has 0 amide bonds. The van der Waals surface area contributed by atoms with Gasteiger partial charge in [-0.15, -0.1) is 0 Å². The van der Waals surface area contributed by atoms with Crippen LogP contribution in [0.5, 0.6) is 0 Å². The lowest BCUT2D eigenvalue weighted by Gasteiger charge is -2.34. The highest BCUT2D eigenvalue weighted by Crippen LogP contribution is 2.36. The van der Waals surface area contributed by atoms with Crippen molar-refractivity contribution in [3.63, 3.8) is 0 Å². The van der Waals surface area contributed by atoms with E-state index in [1.165, 1.54) is 25.7 Å². The van der Waals surface area contributed by atoms with Gasteiger partial charge in [0.05, 0.1) is 12.7 Å². The quantitative estimate of drug-likeness (QED) is 0.737. The van der Waals surface area contributed by atoms with Crippen LogP contribution in [0, 0.1) is 5.41 Å². The minimum Gasteiger partial charge on any atom is -0.395 e. The highest BCUT2D eigenvalue weighted by Gasteiger charge is 2.27. The summed E-state index contributed by atoms with van der Waals surface area (Å²) in [6.45, 7) is 9.85. The molecule has 0 radical (unpaired) electrons. The Morgan fingerprint density at radius 1 is 1.28 bits per heavy atom. The lowest BCUT2D eigenvalue weighted by Crippen LogP contribution is -2.38. The van der Waals surface area contributed by atoms with E-state index in [9.17, 15) is 5.11 Å². The van der Waals surface area contributed by atoms with Crippen LogP contribution in [0.1, 0.15) is 59.8 Å². The lowest BCUT2D eigenvalue weighted by molar-refractivity contribution is -0.00149. The number of ether oxygens (including phenoxy) is 1. The van der Waals surface area contributed by atoms with Gasteiger partial charge in [0.2, 0.25) is 0 Å². The topological polar surface area (TPSA) is 41.5 Å². The molecule has 0 aromatic carbocycles. The molecule has 3 nitrogen and oxygen atoms in total. The second-order valence-corrected chi connectivity index (χ2v) is 6.72. The first-order valence-electron chi connectivity index (χ1n) is 7.41. The Kier molecular flexibility index (Phi) is 6.61. The fourth-order valence-corrected chi connectivity index (χ4v) is 2.62. The second kappa shape index (κ2) is 7.46. The Labute approximate surface area is 112 Å². The van der Waals surface area contributed by atoms with Crippen LogP contribution in [0.2, 0.25) is 0 Å². The molecule has 0 aromatic heterocycles. The Morgan fingerprint density at radius 2 is 1.89 bits per heavy atom. The van der Waals surface area contributed by atoms with Gasteiger partial charge in [-0.1, -0.05) is 27.7 Å². The highest BCUT2D eigenvalue weighted by molar-refractivity contribution is 4.79. The van der Waals surface area contributed by atoms with Crippen LogP contribution < -0.4 is 5.32 Å². The standard InChI is InChI=1S/C15H31NO2/c1-12(2)16-13(11-17)7-10-18-14-5-8-15(3,4)9-6-14/h12-14,16-17H,5-11H2,1-4H3. The van der Waals surface area contributed by atoms with Gasteiger partial charge >= 0.3 is 0 Å². The van der Waals surface area contributed by atoms with E-state index in [1.54, 1.807) is 0 Å². The van der Waals surface area contributed by atoms with Crippen molar-refractivity contribution in [2.24, 2.45) is 5.41 Å². The van der Waals surface area contributed by atoms with Crippen molar-refractivity contribution in [2.45, 2.75) is 78.0 Å². The summed E-state index contributed by atoms with van der Waals surface area (Å²) in [5, 5.41) is 12.6. The van der Waals surface area contributed by atoms with E-state index in [4.69, 9.17) is 4.74 Å². The van der Waals surface area contributed by atoms with E-state index < -0.39 is 0 Å². The third-order valence-electron chi connectivity index (χ3n) is 3.90. The zero-order chi connectivity index (χ0) is 13.6. The number of nitrogens with one attached hydrogen (secondary N) is 1. The van der Waals surface area contributed by atoms with Crippen LogP contribution in [0.25, 0.3) is 0 Å². The van der Waals surface area contributed by atoms with Crippen LogP contribution in [-0.2, 0) is 4.74 Å². The normalized spacial score (nSPS) is 22.3. The van der Waals surface area contributed by atoms with Crippen LogP contribution in [0.15, 0.2) is 0 Å². The summed E-state index contributed by atoms with van der Waals surface area (Å²) in [5.74, 6) is 0. The first-order chi connectivity index (χ1) is 8.43. The molecule has 2 N–H and O–H groups in total. The van der Waals surface area contributed by atoms with Gasteiger partial charge in [0.1, 0.15) is 0 Å². The fraction of sp³-hybridized carbons (Fsp3) is 1.00. The minimum atomic E-state index is 0.171. The number of aliphatic hydroxyl groups excluding tert-OH is 1. The van der Waals surface area contributed by atoms with Gasteiger partial charge in [0, 0.05) is 18.7 Å². The summed E-state index contributed by atoms with van der Waals surface area (Å²) in [6, 6.07) is 0.586. The van der Waals surface area contributed by atoms with E-state index in [1.807, 2.05) is 0 Å². The molecule has 0 heterocycles. The van der Waals surface area contributed by atoms with E-state index in [0.717, 1.165) is 13.0 Å². The molecule has 0 bridgehead atoms. The smallest absolute Gasteiger partial charge is 0.0585 e. The highest BCUT2D eigenvalue weighted by atomic mass is 16.5. The Bertz CT molecular complexity index is 219. The molecule has 18 heavy (non-hydrogen) atoms. The molecule has 108 valence electrons. The van der Waals surface area contributed by atoms with Crippen molar-refractivity contribution in [2.75, 3.05) is 13.2 Å². The molecule has 0 spiro atoms. The molecular weight excluding hydrogens is 226 g/mol. The van der Waals surface area contributed by atoms with Crippen molar-refractivity contribution >= 4 is 0 Å². The third kappa shape index (κ3) is 6.17. The summed E-state index contributed by atoms with van der Waals surface area (Å²) in [4.78, 5) is 0. The molecule has 1 fully saturated rings. The van der Waals surface area contributed by atoms with Gasteiger partial charge in [-0.05, 0) is 37.5 Å². The first kappa shape index (κ1) is 15.9. The second-order valence-electron chi connectivity index (χ2n) is 6.72. The Morgan fingerprint density at radius 3 is 2.39 bits per heavy atom. The molecule has 3 heteroatoms. The predicted molar refractivity (Wildman–Crippen MR) is 75.8 cm³/mol. The van der Waals surface area contributed by atoms with Crippen LogP contribution in [-0.4, -0.2) is 36.5 Å². The van der Waals surface area contributed by atoms with Crippen LogP contribution in [0.4, 0.5) is 0 Å². The summed E-state index contributed by atoms with van der Waals surface area (Å²) >= 11 is 0. The van der Waals surface area contributed by atoms with Gasteiger partial charge in [-0.25, -0.2) is 0 Å². The maximum absolute atomic E-state index is 9.26. The van der Waals surface area contributed by atoms with Gasteiger partial charge in [0.25, 0.3) is 0 Å². The Hall–Kier alpha value is -0.120. The summed E-state index contributed by atoms with van der Waals surface area (Å²) < 4.78 is 5.94. The maximum Gasteiger partial charge on any atom is 0.0585 e. The van der Waals surface area contributed by atoms with E-state index in [2.05, 4.69) is 33.0 Å². The van der Waals surface area contributed by atoms with E-state index in [0.29, 0.717) is 17.6 Å². The zero-order valence-electron chi connectivity index (χ0n) is 12.5. The molecule has 0 aliphatic heterocycles. The molecular formula is C15H31NO2. The molecule has 0 aromatic rings. The average molecular weight is 257 g/mol. The van der Waals surface area contributed by atoms with Gasteiger partial charge in [0.15, 0.2) is 0 Å². The van der Waals surface area contributed by atoms with Crippen molar-refractivity contribution in [1.82, 2.24) is 5.32 Å². The minimum absolute atomic E-state index is 0.171. The largest absolute Gasteiger partial charge is 0.395 e. The van der Waals surface area contributed by atoms with Crippen LogP contribution >= 0.6 is 0 Å². The molecule has 1 unspecified atom stereocenters. The fourth-order valence-electron chi connectivity index (χ4n) is 2.62. The summed E-state index contributed by atoms with van der Waals surface area (Å²) in [5.41, 5.74) is 0.507. The SMILES string of the molecule is CC(C)NC(CO)CCOC1CCC(C)(C)CC1. The van der Waals surface area contributed by atoms with E-state index >= 15 is 0 Å². The van der Waals surface area contributed by atoms with Crippen molar-refractivity contribution in [3.05, 3.63) is 0 Å².